The summed E-state index contributed by atoms with van der Waals surface area (Å²) in [4.78, 5) is 4.35. The van der Waals surface area contributed by atoms with Crippen molar-refractivity contribution in [3.63, 3.8) is 0 Å². The smallest absolute Gasteiger partial charge is 0.132 e. The highest BCUT2D eigenvalue weighted by molar-refractivity contribution is 5.82. The van der Waals surface area contributed by atoms with Crippen molar-refractivity contribution in [1.29, 1.82) is 0 Å². The summed E-state index contributed by atoms with van der Waals surface area (Å²) in [6.45, 7) is 2.34. The molecule has 4 rings (SSSR count). The molecule has 1 fully saturated rings. The van der Waals surface area contributed by atoms with Crippen LogP contribution in [0.15, 0.2) is 60.8 Å². The molecule has 1 aromatic heterocycles. The number of hydrogen-bond acceptors (Lipinski definition) is 3. The second-order valence-corrected chi connectivity index (χ2v) is 6.49. The van der Waals surface area contributed by atoms with Crippen LogP contribution >= 0.6 is 0 Å². The van der Waals surface area contributed by atoms with E-state index in [2.05, 4.69) is 34.6 Å². The van der Waals surface area contributed by atoms with E-state index < -0.39 is 0 Å². The Labute approximate surface area is 146 Å². The zero-order chi connectivity index (χ0) is 17.1. The van der Waals surface area contributed by atoms with Crippen LogP contribution in [-0.4, -0.2) is 18.1 Å². The summed E-state index contributed by atoms with van der Waals surface area (Å²) in [6.07, 6.45) is 2.91. The lowest BCUT2D eigenvalue weighted by Crippen LogP contribution is -2.24. The zero-order valence-corrected chi connectivity index (χ0v) is 14.0. The van der Waals surface area contributed by atoms with Crippen molar-refractivity contribution in [2.75, 3.05) is 13.2 Å². The van der Waals surface area contributed by atoms with Gasteiger partial charge in [0, 0.05) is 37.2 Å². The Morgan fingerprint density at radius 2 is 1.96 bits per heavy atom. The number of rotatable bonds is 5. The monoisotopic (exact) mass is 336 g/mol. The highest BCUT2D eigenvalue weighted by Crippen LogP contribution is 2.34. The summed E-state index contributed by atoms with van der Waals surface area (Å²) in [6, 6.07) is 17.3. The molecule has 3 nitrogen and oxygen atoms in total. The second-order valence-electron chi connectivity index (χ2n) is 6.49. The number of pyridine rings is 1. The van der Waals surface area contributed by atoms with E-state index in [0.29, 0.717) is 17.8 Å². The van der Waals surface area contributed by atoms with Crippen molar-refractivity contribution < 1.29 is 9.13 Å². The van der Waals surface area contributed by atoms with Gasteiger partial charge in [-0.25, -0.2) is 4.39 Å². The maximum absolute atomic E-state index is 13.9. The largest absolute Gasteiger partial charge is 0.373 e. The number of ether oxygens (including phenoxy) is 1. The molecule has 1 aliphatic rings. The van der Waals surface area contributed by atoms with Crippen LogP contribution in [0.4, 0.5) is 4.39 Å². The Balaban J connectivity index is 1.44. The number of nitrogens with zero attached hydrogens (tertiary/aromatic N) is 1. The van der Waals surface area contributed by atoms with Crippen molar-refractivity contribution in [1.82, 2.24) is 10.3 Å². The number of hydrogen-bond donors (Lipinski definition) is 1. The van der Waals surface area contributed by atoms with Gasteiger partial charge in [-0.15, -0.1) is 0 Å². The SMILES string of the molecule is Fc1ccc(CNC[C@H]2CCO[C@@H]2c2ccccc2)c2ncccc12. The molecule has 0 aliphatic carbocycles. The highest BCUT2D eigenvalue weighted by atomic mass is 19.1. The molecule has 2 atom stereocenters. The summed E-state index contributed by atoms with van der Waals surface area (Å²) in [5.74, 6) is 0.224. The molecular weight excluding hydrogens is 315 g/mol. The molecule has 0 unspecified atom stereocenters. The Kier molecular flexibility index (Phi) is 4.72. The highest BCUT2D eigenvalue weighted by Gasteiger charge is 2.29. The Morgan fingerprint density at radius 3 is 2.84 bits per heavy atom. The lowest BCUT2D eigenvalue weighted by Gasteiger charge is -2.19. The second kappa shape index (κ2) is 7.30. The Morgan fingerprint density at radius 1 is 1.08 bits per heavy atom. The Bertz CT molecular complexity index is 853. The maximum Gasteiger partial charge on any atom is 0.132 e. The van der Waals surface area contributed by atoms with Crippen LogP contribution in [0.2, 0.25) is 0 Å². The van der Waals surface area contributed by atoms with E-state index in [9.17, 15) is 4.39 Å². The van der Waals surface area contributed by atoms with Crippen LogP contribution in [0, 0.1) is 11.7 Å². The van der Waals surface area contributed by atoms with Crippen LogP contribution < -0.4 is 5.32 Å². The molecule has 25 heavy (non-hydrogen) atoms. The molecule has 0 amide bonds. The molecule has 0 saturated carbocycles. The molecule has 3 aromatic rings. The number of aromatic nitrogens is 1. The Hall–Kier alpha value is -2.30. The average Bonchev–Trinajstić information content (AvgIpc) is 3.13. The standard InChI is InChI=1S/C21H21FN2O/c22-19-9-8-16(20-18(19)7-4-11-24-20)13-23-14-17-10-12-25-21(17)15-5-2-1-3-6-15/h1-9,11,17,21,23H,10,12-14H2/t17-,21-/m1/s1. The molecule has 1 aliphatic heterocycles. The van der Waals surface area contributed by atoms with Gasteiger partial charge < -0.3 is 10.1 Å². The number of halogens is 1. The third kappa shape index (κ3) is 3.41. The zero-order valence-electron chi connectivity index (χ0n) is 14.0. The first-order valence-electron chi connectivity index (χ1n) is 8.72. The van der Waals surface area contributed by atoms with Gasteiger partial charge in [0.15, 0.2) is 0 Å². The number of benzene rings is 2. The van der Waals surface area contributed by atoms with Crippen LogP contribution in [0.25, 0.3) is 10.9 Å². The quantitative estimate of drug-likeness (QED) is 0.757. The van der Waals surface area contributed by atoms with Gasteiger partial charge in [0.1, 0.15) is 5.82 Å². The fourth-order valence-electron chi connectivity index (χ4n) is 3.59. The van der Waals surface area contributed by atoms with Gasteiger partial charge in [0.2, 0.25) is 0 Å². The van der Waals surface area contributed by atoms with Crippen LogP contribution in [0.3, 0.4) is 0 Å². The lowest BCUT2D eigenvalue weighted by atomic mass is 9.95. The molecule has 4 heteroatoms. The summed E-state index contributed by atoms with van der Waals surface area (Å²) >= 11 is 0. The van der Waals surface area contributed by atoms with Crippen LogP contribution in [-0.2, 0) is 11.3 Å². The van der Waals surface area contributed by atoms with Gasteiger partial charge in [-0.05, 0) is 35.7 Å². The predicted molar refractivity (Wildman–Crippen MR) is 96.6 cm³/mol. The topological polar surface area (TPSA) is 34.1 Å². The predicted octanol–water partition coefficient (Wildman–Crippen LogP) is 4.24. The van der Waals surface area contributed by atoms with E-state index in [1.165, 1.54) is 11.6 Å². The first-order chi connectivity index (χ1) is 12.3. The minimum absolute atomic E-state index is 0.150. The molecule has 1 saturated heterocycles. The molecule has 1 N–H and O–H groups in total. The van der Waals surface area contributed by atoms with Crippen LogP contribution in [0.1, 0.15) is 23.7 Å². The fraction of sp³-hybridized carbons (Fsp3) is 0.286. The first kappa shape index (κ1) is 16.2. The van der Waals surface area contributed by atoms with E-state index in [0.717, 1.165) is 30.7 Å². The van der Waals surface area contributed by atoms with E-state index in [1.54, 1.807) is 18.3 Å². The van der Waals surface area contributed by atoms with E-state index in [4.69, 9.17) is 4.74 Å². The third-order valence-corrected chi connectivity index (χ3v) is 4.86. The maximum atomic E-state index is 13.9. The van der Waals surface area contributed by atoms with Crippen molar-refractivity contribution in [3.8, 4) is 0 Å². The van der Waals surface area contributed by atoms with Crippen molar-refractivity contribution in [3.05, 3.63) is 77.7 Å². The summed E-state index contributed by atoms with van der Waals surface area (Å²) in [5, 5.41) is 4.09. The summed E-state index contributed by atoms with van der Waals surface area (Å²) in [5.41, 5.74) is 2.99. The molecule has 0 radical (unpaired) electrons. The average molecular weight is 336 g/mol. The van der Waals surface area contributed by atoms with Crippen molar-refractivity contribution in [2.45, 2.75) is 19.1 Å². The minimum atomic E-state index is -0.222. The fourth-order valence-corrected chi connectivity index (χ4v) is 3.59. The molecule has 0 bridgehead atoms. The first-order valence-corrected chi connectivity index (χ1v) is 8.72. The van der Waals surface area contributed by atoms with E-state index in [1.807, 2.05) is 12.1 Å². The van der Waals surface area contributed by atoms with Gasteiger partial charge in [0.05, 0.1) is 11.6 Å². The lowest BCUT2D eigenvalue weighted by molar-refractivity contribution is 0.0904. The van der Waals surface area contributed by atoms with Crippen molar-refractivity contribution >= 4 is 10.9 Å². The van der Waals surface area contributed by atoms with Gasteiger partial charge in [-0.3, -0.25) is 4.98 Å². The van der Waals surface area contributed by atoms with Crippen LogP contribution in [0.5, 0.6) is 0 Å². The molecule has 0 spiro atoms. The molecule has 2 aromatic carbocycles. The minimum Gasteiger partial charge on any atom is -0.373 e. The van der Waals surface area contributed by atoms with Crippen molar-refractivity contribution in [2.24, 2.45) is 5.92 Å². The summed E-state index contributed by atoms with van der Waals surface area (Å²) in [7, 11) is 0. The molecule has 128 valence electrons. The number of nitrogens with one attached hydrogen (secondary N) is 1. The number of fused-ring (bicyclic) bond motifs is 1. The van der Waals surface area contributed by atoms with Gasteiger partial charge in [-0.2, -0.15) is 0 Å². The third-order valence-electron chi connectivity index (χ3n) is 4.86. The van der Waals surface area contributed by atoms with Gasteiger partial charge in [0.25, 0.3) is 0 Å². The summed E-state index contributed by atoms with van der Waals surface area (Å²) < 4.78 is 19.8. The van der Waals surface area contributed by atoms with E-state index >= 15 is 0 Å². The molecular formula is C21H21FN2O. The normalized spacial score (nSPS) is 20.2. The van der Waals surface area contributed by atoms with Gasteiger partial charge in [-0.1, -0.05) is 36.4 Å². The van der Waals surface area contributed by atoms with E-state index in [-0.39, 0.29) is 11.9 Å². The van der Waals surface area contributed by atoms with Gasteiger partial charge >= 0.3 is 0 Å². The molecule has 2 heterocycles.